The van der Waals surface area contributed by atoms with Crippen LogP contribution in [0.4, 0.5) is 11.5 Å². The lowest BCUT2D eigenvalue weighted by Crippen LogP contribution is -2.27. The molecule has 104 valence electrons. The van der Waals surface area contributed by atoms with Crippen molar-refractivity contribution in [2.45, 2.75) is 19.9 Å². The van der Waals surface area contributed by atoms with Gasteiger partial charge in [0.25, 0.3) is 5.91 Å². The maximum absolute atomic E-state index is 12.4. The second-order valence-electron chi connectivity index (χ2n) is 4.91. The van der Waals surface area contributed by atoms with Crippen LogP contribution in [0.5, 0.6) is 0 Å². The lowest BCUT2D eigenvalue weighted by Gasteiger charge is -2.17. The second-order valence-corrected chi connectivity index (χ2v) is 4.91. The number of benzene rings is 1. The van der Waals surface area contributed by atoms with Gasteiger partial charge < -0.3 is 10.2 Å². The number of para-hydroxylation sites is 1. The Labute approximate surface area is 119 Å². The van der Waals surface area contributed by atoms with E-state index in [9.17, 15) is 4.79 Å². The molecule has 1 heterocycles. The van der Waals surface area contributed by atoms with Crippen molar-refractivity contribution in [2.24, 2.45) is 0 Å². The van der Waals surface area contributed by atoms with Gasteiger partial charge in [-0.2, -0.15) is 0 Å². The molecule has 0 aliphatic carbocycles. The zero-order valence-corrected chi connectivity index (χ0v) is 12.0. The number of rotatable bonds is 4. The van der Waals surface area contributed by atoms with Crippen molar-refractivity contribution in [3.8, 4) is 0 Å². The third kappa shape index (κ3) is 3.35. The highest BCUT2D eigenvalue weighted by Crippen LogP contribution is 2.15. The number of hydrogen-bond donors (Lipinski definition) is 1. The van der Waals surface area contributed by atoms with Gasteiger partial charge in [-0.15, -0.1) is 0 Å². The molecule has 0 aliphatic heterocycles. The molecule has 4 nitrogen and oxygen atoms in total. The average molecular weight is 269 g/mol. The van der Waals surface area contributed by atoms with Crippen molar-refractivity contribution in [3.63, 3.8) is 0 Å². The molecule has 2 rings (SSSR count). The van der Waals surface area contributed by atoms with Gasteiger partial charge in [-0.3, -0.25) is 4.79 Å². The summed E-state index contributed by atoms with van der Waals surface area (Å²) in [6.45, 7) is 4.07. The smallest absolute Gasteiger partial charge is 0.276 e. The standard InChI is InChI=1S/C16H19N3O/c1-12(2)17-15-11-7-10-14(18-15)16(20)19(3)13-8-5-4-6-9-13/h4-12H,1-3H3,(H,17,18). The Morgan fingerprint density at radius 2 is 1.80 bits per heavy atom. The van der Waals surface area contributed by atoms with Gasteiger partial charge in [-0.1, -0.05) is 24.3 Å². The molecular weight excluding hydrogens is 250 g/mol. The van der Waals surface area contributed by atoms with E-state index >= 15 is 0 Å². The molecule has 4 heteroatoms. The van der Waals surface area contributed by atoms with Crippen molar-refractivity contribution in [3.05, 3.63) is 54.2 Å². The fourth-order valence-electron chi connectivity index (χ4n) is 1.87. The molecule has 0 spiro atoms. The fraction of sp³-hybridized carbons (Fsp3) is 0.250. The molecule has 0 radical (unpaired) electrons. The minimum Gasteiger partial charge on any atom is -0.368 e. The van der Waals surface area contributed by atoms with Crippen LogP contribution in [0.2, 0.25) is 0 Å². The number of anilines is 2. The zero-order chi connectivity index (χ0) is 14.5. The monoisotopic (exact) mass is 269 g/mol. The van der Waals surface area contributed by atoms with Crippen LogP contribution in [0.15, 0.2) is 48.5 Å². The maximum atomic E-state index is 12.4. The van der Waals surface area contributed by atoms with Gasteiger partial charge in [0.15, 0.2) is 0 Å². The third-order valence-corrected chi connectivity index (χ3v) is 2.85. The molecule has 1 aromatic carbocycles. The van der Waals surface area contributed by atoms with Crippen LogP contribution in [0.25, 0.3) is 0 Å². The molecule has 1 amide bonds. The highest BCUT2D eigenvalue weighted by molar-refractivity contribution is 6.04. The number of carbonyl (C=O) groups excluding carboxylic acids is 1. The molecule has 0 unspecified atom stereocenters. The van der Waals surface area contributed by atoms with Crippen molar-refractivity contribution in [1.29, 1.82) is 0 Å². The van der Waals surface area contributed by atoms with Gasteiger partial charge in [0.05, 0.1) is 0 Å². The Hall–Kier alpha value is -2.36. The highest BCUT2D eigenvalue weighted by atomic mass is 16.2. The van der Waals surface area contributed by atoms with Crippen molar-refractivity contribution >= 4 is 17.4 Å². The number of nitrogens with zero attached hydrogens (tertiary/aromatic N) is 2. The molecule has 0 saturated carbocycles. The van der Waals surface area contributed by atoms with E-state index in [-0.39, 0.29) is 11.9 Å². The van der Waals surface area contributed by atoms with Gasteiger partial charge in [0.1, 0.15) is 11.5 Å². The Bertz CT molecular complexity index is 581. The maximum Gasteiger partial charge on any atom is 0.276 e. The first-order valence-corrected chi connectivity index (χ1v) is 6.64. The molecule has 2 aromatic rings. The van der Waals surface area contributed by atoms with E-state index in [0.717, 1.165) is 5.69 Å². The molecule has 0 bridgehead atoms. The van der Waals surface area contributed by atoms with Crippen LogP contribution in [-0.4, -0.2) is 24.0 Å². The van der Waals surface area contributed by atoms with E-state index < -0.39 is 0 Å². The quantitative estimate of drug-likeness (QED) is 0.927. The summed E-state index contributed by atoms with van der Waals surface area (Å²) in [6.07, 6.45) is 0. The summed E-state index contributed by atoms with van der Waals surface area (Å²) in [4.78, 5) is 18.4. The summed E-state index contributed by atoms with van der Waals surface area (Å²) >= 11 is 0. The number of nitrogens with one attached hydrogen (secondary N) is 1. The van der Waals surface area contributed by atoms with E-state index in [1.807, 2.05) is 56.3 Å². The van der Waals surface area contributed by atoms with Crippen molar-refractivity contribution < 1.29 is 4.79 Å². The number of pyridine rings is 1. The van der Waals surface area contributed by atoms with E-state index in [4.69, 9.17) is 0 Å². The summed E-state index contributed by atoms with van der Waals surface area (Å²) < 4.78 is 0. The van der Waals surface area contributed by atoms with Crippen LogP contribution in [0.3, 0.4) is 0 Å². The van der Waals surface area contributed by atoms with E-state index in [2.05, 4.69) is 10.3 Å². The number of hydrogen-bond acceptors (Lipinski definition) is 3. The molecule has 0 atom stereocenters. The Kier molecular flexibility index (Phi) is 4.35. The van der Waals surface area contributed by atoms with Crippen LogP contribution in [0.1, 0.15) is 24.3 Å². The van der Waals surface area contributed by atoms with Gasteiger partial charge in [-0.05, 0) is 38.1 Å². The summed E-state index contributed by atoms with van der Waals surface area (Å²) in [5.74, 6) is 0.593. The van der Waals surface area contributed by atoms with E-state index in [0.29, 0.717) is 11.5 Å². The molecular formula is C16H19N3O. The Balaban J connectivity index is 2.21. The minimum absolute atomic E-state index is 0.122. The van der Waals surface area contributed by atoms with Crippen molar-refractivity contribution in [2.75, 3.05) is 17.3 Å². The van der Waals surface area contributed by atoms with Gasteiger partial charge in [0, 0.05) is 18.8 Å². The summed E-state index contributed by atoms with van der Waals surface area (Å²) in [5, 5.41) is 3.20. The SMILES string of the molecule is CC(C)Nc1cccc(C(=O)N(C)c2ccccc2)n1. The first kappa shape index (κ1) is 14.1. The molecule has 1 aromatic heterocycles. The van der Waals surface area contributed by atoms with Crippen LogP contribution < -0.4 is 10.2 Å². The predicted molar refractivity (Wildman–Crippen MR) is 82.2 cm³/mol. The number of carbonyl (C=O) groups is 1. The normalized spacial score (nSPS) is 10.4. The molecule has 20 heavy (non-hydrogen) atoms. The van der Waals surface area contributed by atoms with Crippen LogP contribution in [-0.2, 0) is 0 Å². The van der Waals surface area contributed by atoms with Crippen LogP contribution >= 0.6 is 0 Å². The van der Waals surface area contributed by atoms with Gasteiger partial charge in [-0.25, -0.2) is 4.98 Å². The largest absolute Gasteiger partial charge is 0.368 e. The number of amides is 1. The average Bonchev–Trinajstić information content (AvgIpc) is 2.46. The predicted octanol–water partition coefficient (Wildman–Crippen LogP) is 3.18. The first-order valence-electron chi connectivity index (χ1n) is 6.64. The van der Waals surface area contributed by atoms with E-state index in [1.165, 1.54) is 0 Å². The zero-order valence-electron chi connectivity index (χ0n) is 12.0. The van der Waals surface area contributed by atoms with Crippen LogP contribution in [0, 0.1) is 0 Å². The molecule has 0 fully saturated rings. The Morgan fingerprint density at radius 1 is 1.10 bits per heavy atom. The summed E-state index contributed by atoms with van der Waals surface area (Å²) in [5.41, 5.74) is 1.28. The fourth-order valence-corrected chi connectivity index (χ4v) is 1.87. The minimum atomic E-state index is -0.122. The summed E-state index contributed by atoms with van der Waals surface area (Å²) in [7, 11) is 1.75. The molecule has 0 saturated heterocycles. The molecule has 1 N–H and O–H groups in total. The Morgan fingerprint density at radius 3 is 2.45 bits per heavy atom. The van der Waals surface area contributed by atoms with E-state index in [1.54, 1.807) is 18.0 Å². The third-order valence-electron chi connectivity index (χ3n) is 2.85. The highest BCUT2D eigenvalue weighted by Gasteiger charge is 2.15. The van der Waals surface area contributed by atoms with Crippen molar-refractivity contribution in [1.82, 2.24) is 4.98 Å². The van der Waals surface area contributed by atoms with Gasteiger partial charge in [0.2, 0.25) is 0 Å². The van der Waals surface area contributed by atoms with Gasteiger partial charge >= 0.3 is 0 Å². The lowest BCUT2D eigenvalue weighted by molar-refractivity contribution is 0.0988. The lowest BCUT2D eigenvalue weighted by atomic mass is 10.2. The number of aromatic nitrogens is 1. The first-order chi connectivity index (χ1) is 9.58. The molecule has 0 aliphatic rings. The summed E-state index contributed by atoms with van der Waals surface area (Å²) in [6, 6.07) is 15.2. The topological polar surface area (TPSA) is 45.2 Å². The second kappa shape index (κ2) is 6.19.